The molecule has 0 aromatic carbocycles. The molecule has 0 aromatic rings. The van der Waals surface area contributed by atoms with Crippen LogP contribution in [0.1, 0.15) is 13.8 Å². The fraction of sp³-hybridized carbons (Fsp3) is 0.778. The number of hydrogen-bond acceptors (Lipinski definition) is 4. The van der Waals surface area contributed by atoms with Crippen molar-refractivity contribution in [3.8, 4) is 0 Å². The van der Waals surface area contributed by atoms with Crippen molar-refractivity contribution in [3.63, 3.8) is 0 Å². The molecular weight excluding hydrogens is 273 g/mol. The van der Waals surface area contributed by atoms with Crippen LogP contribution in [0, 0.1) is 0 Å². The van der Waals surface area contributed by atoms with E-state index in [9.17, 15) is 13.2 Å². The molecule has 1 heterocycles. The third kappa shape index (κ3) is 5.23. The van der Waals surface area contributed by atoms with Crippen LogP contribution in [0.25, 0.3) is 0 Å². The number of rotatable bonds is 2. The molecule has 1 unspecified atom stereocenters. The van der Waals surface area contributed by atoms with Gasteiger partial charge in [-0.1, -0.05) is 0 Å². The minimum Gasteiger partial charge on any atom is -0.741 e. The van der Waals surface area contributed by atoms with Gasteiger partial charge in [-0.05, 0) is 13.8 Å². The summed E-state index contributed by atoms with van der Waals surface area (Å²) in [6, 6.07) is 0. The van der Waals surface area contributed by atoms with Gasteiger partial charge in [-0.2, -0.15) is 13.2 Å². The van der Waals surface area contributed by atoms with Gasteiger partial charge >= 0.3 is 5.51 Å². The molecule has 18 heavy (non-hydrogen) atoms. The van der Waals surface area contributed by atoms with E-state index in [1.807, 2.05) is 0 Å². The Morgan fingerprint density at radius 2 is 1.83 bits per heavy atom. The largest absolute Gasteiger partial charge is 0.741 e. The van der Waals surface area contributed by atoms with Gasteiger partial charge in [0, 0.05) is 6.54 Å². The summed E-state index contributed by atoms with van der Waals surface area (Å²) in [5, 5.41) is 0. The third-order valence-corrected chi connectivity index (χ3v) is 3.12. The first kappa shape index (κ1) is 17.2. The van der Waals surface area contributed by atoms with Crippen LogP contribution in [-0.4, -0.2) is 54.7 Å². The average Bonchev–Trinajstić information content (AvgIpc) is 2.59. The van der Waals surface area contributed by atoms with E-state index in [-0.39, 0.29) is 0 Å². The Labute approximate surface area is 105 Å². The molecular formula is C9H17F3N2O3S. The van der Waals surface area contributed by atoms with Gasteiger partial charge in [0.25, 0.3) is 0 Å². The maximum atomic E-state index is 10.7. The number of halogens is 3. The van der Waals surface area contributed by atoms with Crippen LogP contribution in [0.2, 0.25) is 0 Å². The van der Waals surface area contributed by atoms with Crippen molar-refractivity contribution in [2.45, 2.75) is 19.4 Å². The number of alkyl halides is 3. The molecule has 5 nitrogen and oxygen atoms in total. The lowest BCUT2D eigenvalue weighted by Crippen LogP contribution is -2.40. The summed E-state index contributed by atoms with van der Waals surface area (Å²) >= 11 is 0. The molecule has 0 saturated heterocycles. The van der Waals surface area contributed by atoms with Crippen LogP contribution in [0.3, 0.4) is 0 Å². The van der Waals surface area contributed by atoms with E-state index >= 15 is 0 Å². The summed E-state index contributed by atoms with van der Waals surface area (Å²) in [7, 11) is -3.83. The highest BCUT2D eigenvalue weighted by Crippen LogP contribution is 2.20. The topological polar surface area (TPSA) is 60.4 Å². The molecule has 1 aliphatic heterocycles. The van der Waals surface area contributed by atoms with Crippen LogP contribution >= 0.6 is 0 Å². The lowest BCUT2D eigenvalue weighted by Gasteiger charge is -2.26. The highest BCUT2D eigenvalue weighted by atomic mass is 32.2. The predicted molar refractivity (Wildman–Crippen MR) is 58.9 cm³/mol. The Morgan fingerprint density at radius 3 is 2.00 bits per heavy atom. The Kier molecular flexibility index (Phi) is 5.63. The van der Waals surface area contributed by atoms with Gasteiger partial charge in [-0.3, -0.25) is 4.48 Å². The third-order valence-electron chi connectivity index (χ3n) is 2.55. The molecule has 0 N–H and O–H groups in total. The molecule has 0 fully saturated rings. The summed E-state index contributed by atoms with van der Waals surface area (Å²) in [6.45, 7) is 7.88. The first-order valence-corrected chi connectivity index (χ1v) is 6.66. The molecule has 0 radical (unpaired) electrons. The van der Waals surface area contributed by atoms with Crippen LogP contribution in [0.15, 0.2) is 12.4 Å². The van der Waals surface area contributed by atoms with Gasteiger partial charge in [-0.15, -0.1) is 0 Å². The first-order valence-electron chi connectivity index (χ1n) is 5.25. The lowest BCUT2D eigenvalue weighted by atomic mass is 10.5. The molecule has 9 heteroatoms. The SMILES string of the molecule is CCN1C=C[N+](C)(CC)C1.O=S(=O)([O-])C(F)(F)F. The predicted octanol–water partition coefficient (Wildman–Crippen LogP) is 1.27. The van der Waals surface area contributed by atoms with E-state index in [4.69, 9.17) is 13.0 Å². The van der Waals surface area contributed by atoms with Crippen molar-refractivity contribution in [1.29, 1.82) is 0 Å². The fourth-order valence-corrected chi connectivity index (χ4v) is 1.18. The van der Waals surface area contributed by atoms with Crippen molar-refractivity contribution in [1.82, 2.24) is 4.90 Å². The molecule has 108 valence electrons. The average molecular weight is 290 g/mol. The van der Waals surface area contributed by atoms with Gasteiger partial charge in [0.1, 0.15) is 6.20 Å². The second-order valence-electron chi connectivity index (χ2n) is 4.04. The summed E-state index contributed by atoms with van der Waals surface area (Å²) in [5.74, 6) is 0. The zero-order chi connectivity index (χ0) is 14.6. The molecule has 0 bridgehead atoms. The molecule has 1 atom stereocenters. The van der Waals surface area contributed by atoms with E-state index in [1.54, 1.807) is 0 Å². The van der Waals surface area contributed by atoms with E-state index < -0.39 is 15.6 Å². The number of nitrogens with zero attached hydrogens (tertiary/aromatic N) is 2. The van der Waals surface area contributed by atoms with E-state index in [0.29, 0.717) is 0 Å². The minimum atomic E-state index is -6.09. The van der Waals surface area contributed by atoms with Crippen molar-refractivity contribution >= 4 is 10.1 Å². The Hall–Kier alpha value is -0.800. The molecule has 0 spiro atoms. The van der Waals surface area contributed by atoms with Crippen LogP contribution in [0.4, 0.5) is 13.2 Å². The molecule has 0 aromatic heterocycles. The first-order chi connectivity index (χ1) is 7.95. The Bertz CT molecular complexity index is 394. The summed E-state index contributed by atoms with van der Waals surface area (Å²) in [6.07, 6.45) is 4.47. The van der Waals surface area contributed by atoms with E-state index in [0.717, 1.165) is 17.7 Å². The molecule has 0 amide bonds. The number of hydrogen-bond donors (Lipinski definition) is 0. The maximum absolute atomic E-state index is 10.7. The van der Waals surface area contributed by atoms with Gasteiger partial charge in [0.05, 0.1) is 19.8 Å². The van der Waals surface area contributed by atoms with Crippen molar-refractivity contribution in [2.75, 3.05) is 26.8 Å². The smallest absolute Gasteiger partial charge is 0.485 e. The van der Waals surface area contributed by atoms with Gasteiger partial charge in [0.2, 0.25) is 0 Å². The van der Waals surface area contributed by atoms with Crippen molar-refractivity contribution in [2.24, 2.45) is 0 Å². The molecule has 1 aliphatic rings. The second kappa shape index (κ2) is 5.89. The van der Waals surface area contributed by atoms with Crippen LogP contribution in [-0.2, 0) is 10.1 Å². The van der Waals surface area contributed by atoms with E-state index in [2.05, 4.69) is 38.2 Å². The van der Waals surface area contributed by atoms with Gasteiger partial charge < -0.3 is 9.45 Å². The number of quaternary nitrogens is 1. The standard InChI is InChI=1S/C8H17N2.CHF3O3S/c1-4-9-6-7-10(3,5-2)8-9;2-1(3,4)8(5,6)7/h6-7H,4-5,8H2,1-3H3;(H,5,6,7)/q+1;/p-1. The summed E-state index contributed by atoms with van der Waals surface area (Å²) in [4.78, 5) is 2.34. The molecule has 0 aliphatic carbocycles. The minimum absolute atomic E-state index is 1.06. The van der Waals surface area contributed by atoms with E-state index in [1.165, 1.54) is 6.54 Å². The maximum Gasteiger partial charge on any atom is 0.485 e. The van der Waals surface area contributed by atoms with Gasteiger partial charge in [0.15, 0.2) is 16.8 Å². The highest BCUT2D eigenvalue weighted by molar-refractivity contribution is 7.86. The summed E-state index contributed by atoms with van der Waals surface area (Å²) < 4.78 is 60.0. The quantitative estimate of drug-likeness (QED) is 0.436. The normalized spacial score (nSPS) is 23.8. The van der Waals surface area contributed by atoms with Crippen molar-refractivity contribution < 1.29 is 30.6 Å². The molecule has 0 saturated carbocycles. The monoisotopic (exact) mass is 290 g/mol. The Morgan fingerprint density at radius 1 is 1.39 bits per heavy atom. The zero-order valence-corrected chi connectivity index (χ0v) is 11.3. The fourth-order valence-electron chi connectivity index (χ4n) is 1.18. The highest BCUT2D eigenvalue weighted by Gasteiger charge is 2.36. The lowest BCUT2D eigenvalue weighted by molar-refractivity contribution is -0.859. The van der Waals surface area contributed by atoms with Crippen molar-refractivity contribution in [3.05, 3.63) is 12.4 Å². The van der Waals surface area contributed by atoms with Crippen LogP contribution in [0.5, 0.6) is 0 Å². The van der Waals surface area contributed by atoms with Gasteiger partial charge in [-0.25, -0.2) is 8.42 Å². The second-order valence-corrected chi connectivity index (χ2v) is 5.41. The molecule has 1 rings (SSSR count). The van der Waals surface area contributed by atoms with Crippen LogP contribution < -0.4 is 0 Å². The Balaban J connectivity index is 0.000000331. The zero-order valence-electron chi connectivity index (χ0n) is 10.4. The summed E-state index contributed by atoms with van der Waals surface area (Å²) in [5.41, 5.74) is -5.65.